The molecule has 2 aromatic carbocycles. The fourth-order valence-electron chi connectivity index (χ4n) is 4.14. The first kappa shape index (κ1) is 23.9. The SMILES string of the molecule is CCc1nc(Nc2ncc(CNc3c(C)cccc3Cl)o2)nc(N2CCN(c3ccccc3)CC2)n1. The van der Waals surface area contributed by atoms with Crippen molar-refractivity contribution in [3.63, 3.8) is 0 Å². The Morgan fingerprint density at radius 3 is 2.47 bits per heavy atom. The normalized spacial score (nSPS) is 13.6. The second-order valence-electron chi connectivity index (χ2n) is 8.58. The first-order valence-corrected chi connectivity index (χ1v) is 12.5. The molecule has 0 atom stereocenters. The third-order valence-corrected chi connectivity index (χ3v) is 6.42. The maximum absolute atomic E-state index is 6.30. The molecule has 1 fully saturated rings. The third-order valence-electron chi connectivity index (χ3n) is 6.10. The van der Waals surface area contributed by atoms with Crippen LogP contribution in [0.5, 0.6) is 0 Å². The molecule has 2 aromatic heterocycles. The van der Waals surface area contributed by atoms with Crippen molar-refractivity contribution >= 4 is 40.9 Å². The van der Waals surface area contributed by atoms with E-state index in [-0.39, 0.29) is 0 Å². The highest BCUT2D eigenvalue weighted by molar-refractivity contribution is 6.33. The Bertz CT molecular complexity index is 1280. The number of aromatic nitrogens is 4. The summed E-state index contributed by atoms with van der Waals surface area (Å²) in [6, 6.07) is 16.6. The molecule has 186 valence electrons. The number of para-hydroxylation sites is 2. The number of oxazole rings is 1. The molecule has 1 saturated heterocycles. The molecule has 0 radical (unpaired) electrons. The van der Waals surface area contributed by atoms with Crippen LogP contribution < -0.4 is 20.4 Å². The van der Waals surface area contributed by atoms with Gasteiger partial charge in [0, 0.05) is 38.3 Å². The highest BCUT2D eigenvalue weighted by Crippen LogP contribution is 2.26. The molecule has 2 N–H and O–H groups in total. The zero-order valence-electron chi connectivity index (χ0n) is 20.4. The van der Waals surface area contributed by atoms with E-state index in [4.69, 9.17) is 16.0 Å². The third kappa shape index (κ3) is 5.52. The number of hydrogen-bond donors (Lipinski definition) is 2. The zero-order chi connectivity index (χ0) is 24.9. The highest BCUT2D eigenvalue weighted by Gasteiger charge is 2.21. The van der Waals surface area contributed by atoms with Gasteiger partial charge in [-0.3, -0.25) is 5.32 Å². The number of rotatable bonds is 8. The Kier molecular flexibility index (Phi) is 7.18. The average molecular weight is 505 g/mol. The second-order valence-corrected chi connectivity index (χ2v) is 8.99. The summed E-state index contributed by atoms with van der Waals surface area (Å²) >= 11 is 6.30. The van der Waals surface area contributed by atoms with Crippen LogP contribution in [0.2, 0.25) is 5.02 Å². The molecule has 36 heavy (non-hydrogen) atoms. The molecule has 1 aliphatic heterocycles. The summed E-state index contributed by atoms with van der Waals surface area (Å²) in [6.45, 7) is 7.96. The van der Waals surface area contributed by atoms with Gasteiger partial charge in [0.05, 0.1) is 23.5 Å². The highest BCUT2D eigenvalue weighted by atomic mass is 35.5. The quantitative estimate of drug-likeness (QED) is 0.341. The fraction of sp³-hybridized carbons (Fsp3) is 0.308. The minimum Gasteiger partial charge on any atom is -0.427 e. The Morgan fingerprint density at radius 2 is 1.72 bits per heavy atom. The van der Waals surface area contributed by atoms with Crippen molar-refractivity contribution < 1.29 is 4.42 Å². The van der Waals surface area contributed by atoms with E-state index < -0.39 is 0 Å². The maximum atomic E-state index is 6.30. The van der Waals surface area contributed by atoms with Gasteiger partial charge >= 0.3 is 6.01 Å². The van der Waals surface area contributed by atoms with Crippen LogP contribution in [-0.4, -0.2) is 46.1 Å². The van der Waals surface area contributed by atoms with Gasteiger partial charge < -0.3 is 19.5 Å². The minimum absolute atomic E-state index is 0.329. The van der Waals surface area contributed by atoms with Crippen LogP contribution in [0.15, 0.2) is 59.1 Å². The van der Waals surface area contributed by atoms with E-state index in [1.54, 1.807) is 6.20 Å². The van der Waals surface area contributed by atoms with E-state index >= 15 is 0 Å². The largest absolute Gasteiger partial charge is 0.427 e. The topological polar surface area (TPSA) is 95.2 Å². The van der Waals surface area contributed by atoms with Crippen LogP contribution in [0, 0.1) is 6.92 Å². The molecule has 9 nitrogen and oxygen atoms in total. The van der Waals surface area contributed by atoms with E-state index in [1.807, 2.05) is 38.1 Å². The van der Waals surface area contributed by atoms with E-state index in [9.17, 15) is 0 Å². The zero-order valence-corrected chi connectivity index (χ0v) is 21.2. The van der Waals surface area contributed by atoms with Crippen LogP contribution in [0.3, 0.4) is 0 Å². The monoisotopic (exact) mass is 504 g/mol. The van der Waals surface area contributed by atoms with Gasteiger partial charge in [-0.2, -0.15) is 15.0 Å². The van der Waals surface area contributed by atoms with Crippen molar-refractivity contribution in [1.82, 2.24) is 19.9 Å². The molecule has 0 bridgehead atoms. The van der Waals surface area contributed by atoms with Crippen molar-refractivity contribution in [3.05, 3.63) is 76.9 Å². The number of halogens is 1. The van der Waals surface area contributed by atoms with Gasteiger partial charge in [0.15, 0.2) is 0 Å². The van der Waals surface area contributed by atoms with E-state index in [2.05, 4.69) is 64.6 Å². The summed E-state index contributed by atoms with van der Waals surface area (Å²) in [7, 11) is 0. The Hall–Kier alpha value is -3.85. The average Bonchev–Trinajstić information content (AvgIpc) is 3.36. The molecular formula is C26H29ClN8O. The molecule has 1 aliphatic rings. The van der Waals surface area contributed by atoms with Crippen LogP contribution in [0.1, 0.15) is 24.1 Å². The van der Waals surface area contributed by atoms with E-state index in [0.29, 0.717) is 41.7 Å². The first-order chi connectivity index (χ1) is 17.6. The lowest BCUT2D eigenvalue weighted by molar-refractivity contribution is 0.528. The number of anilines is 5. The lowest BCUT2D eigenvalue weighted by Gasteiger charge is -2.36. The molecule has 0 saturated carbocycles. The Labute approximate surface area is 215 Å². The van der Waals surface area contributed by atoms with Gasteiger partial charge in [-0.05, 0) is 30.7 Å². The molecule has 0 amide bonds. The van der Waals surface area contributed by atoms with Gasteiger partial charge in [-0.15, -0.1) is 0 Å². The Balaban J connectivity index is 1.24. The smallest absolute Gasteiger partial charge is 0.301 e. The van der Waals surface area contributed by atoms with Gasteiger partial charge in [-0.1, -0.05) is 48.9 Å². The van der Waals surface area contributed by atoms with Crippen molar-refractivity contribution in [1.29, 1.82) is 0 Å². The van der Waals surface area contributed by atoms with Crippen LogP contribution >= 0.6 is 11.6 Å². The minimum atomic E-state index is 0.329. The van der Waals surface area contributed by atoms with Crippen molar-refractivity contribution in [3.8, 4) is 0 Å². The Morgan fingerprint density at radius 1 is 0.944 bits per heavy atom. The summed E-state index contributed by atoms with van der Waals surface area (Å²) in [5.41, 5.74) is 3.19. The molecule has 4 aromatic rings. The number of hydrogen-bond acceptors (Lipinski definition) is 9. The predicted molar refractivity (Wildman–Crippen MR) is 143 cm³/mol. The summed E-state index contributed by atoms with van der Waals surface area (Å²) < 4.78 is 5.86. The van der Waals surface area contributed by atoms with Gasteiger partial charge in [0.25, 0.3) is 0 Å². The molecule has 0 spiro atoms. The maximum Gasteiger partial charge on any atom is 0.301 e. The summed E-state index contributed by atoms with van der Waals surface area (Å²) in [4.78, 5) is 22.8. The van der Waals surface area contributed by atoms with Crippen LogP contribution in [-0.2, 0) is 13.0 Å². The van der Waals surface area contributed by atoms with E-state index in [0.717, 1.165) is 43.3 Å². The second kappa shape index (κ2) is 10.8. The van der Waals surface area contributed by atoms with Crippen molar-refractivity contribution in [2.24, 2.45) is 0 Å². The summed E-state index contributed by atoms with van der Waals surface area (Å²) in [5.74, 6) is 2.47. The van der Waals surface area contributed by atoms with Crippen LogP contribution in [0.25, 0.3) is 0 Å². The van der Waals surface area contributed by atoms with Gasteiger partial charge in [0.1, 0.15) is 11.6 Å². The summed E-state index contributed by atoms with van der Waals surface area (Å²) in [6.07, 6.45) is 2.37. The number of benzene rings is 2. The molecule has 0 unspecified atom stereocenters. The van der Waals surface area contributed by atoms with Gasteiger partial charge in [0.2, 0.25) is 11.9 Å². The van der Waals surface area contributed by atoms with E-state index in [1.165, 1.54) is 5.69 Å². The first-order valence-electron chi connectivity index (χ1n) is 12.1. The number of nitrogens with one attached hydrogen (secondary N) is 2. The molecule has 3 heterocycles. The van der Waals surface area contributed by atoms with Crippen molar-refractivity contribution in [2.75, 3.05) is 46.6 Å². The molecule has 0 aliphatic carbocycles. The number of nitrogens with zero attached hydrogens (tertiary/aromatic N) is 6. The molecular weight excluding hydrogens is 476 g/mol. The standard InChI is InChI=1S/C26H29ClN8O/c1-3-22-30-24(32-25(31-22)35-14-12-34(13-15-35)19-9-5-4-6-10-19)33-26-29-17-20(36-26)16-28-23-18(2)8-7-11-21(23)27/h4-11,17,28H,3,12-16H2,1-2H3,(H,29,30,31,32,33). The summed E-state index contributed by atoms with van der Waals surface area (Å²) in [5, 5.41) is 7.09. The molecule has 10 heteroatoms. The van der Waals surface area contributed by atoms with Crippen LogP contribution in [0.4, 0.5) is 29.3 Å². The van der Waals surface area contributed by atoms with Crippen molar-refractivity contribution in [2.45, 2.75) is 26.8 Å². The molecule has 5 rings (SSSR count). The fourth-order valence-corrected chi connectivity index (χ4v) is 4.43. The number of piperazine rings is 1. The predicted octanol–water partition coefficient (Wildman–Crippen LogP) is 5.07. The number of aryl methyl sites for hydroxylation is 2. The van der Waals surface area contributed by atoms with Gasteiger partial charge in [-0.25, -0.2) is 4.98 Å². The lowest BCUT2D eigenvalue weighted by Crippen LogP contribution is -2.47. The lowest BCUT2D eigenvalue weighted by atomic mass is 10.2.